The summed E-state index contributed by atoms with van der Waals surface area (Å²) < 4.78 is 0. The minimum Gasteiger partial charge on any atom is -0.345 e. The van der Waals surface area contributed by atoms with Crippen molar-refractivity contribution in [1.29, 1.82) is 0 Å². The lowest BCUT2D eigenvalue weighted by atomic mass is 9.92. The Morgan fingerprint density at radius 3 is 2.78 bits per heavy atom. The third-order valence-corrected chi connectivity index (χ3v) is 4.08. The van der Waals surface area contributed by atoms with E-state index in [1.165, 1.54) is 11.1 Å². The summed E-state index contributed by atoms with van der Waals surface area (Å²) >= 11 is 6.33. The minimum absolute atomic E-state index is 0.00935. The lowest BCUT2D eigenvalue weighted by molar-refractivity contribution is -0.122. The van der Waals surface area contributed by atoms with E-state index in [0.29, 0.717) is 18.0 Å². The first-order chi connectivity index (χ1) is 10.9. The molecule has 0 bridgehead atoms. The number of nitrogens with one attached hydrogen (secondary N) is 2. The summed E-state index contributed by atoms with van der Waals surface area (Å²) in [6, 6.07) is 4.02. The topological polar surface area (TPSA) is 41.1 Å². The summed E-state index contributed by atoms with van der Waals surface area (Å²) in [5.74, 6) is 6.24. The number of amides is 1. The van der Waals surface area contributed by atoms with Gasteiger partial charge < -0.3 is 10.6 Å². The fraction of sp³-hybridized carbons (Fsp3) is 0.526. The van der Waals surface area contributed by atoms with E-state index in [1.807, 2.05) is 26.8 Å². The van der Waals surface area contributed by atoms with E-state index in [4.69, 9.17) is 11.6 Å². The summed E-state index contributed by atoms with van der Waals surface area (Å²) in [7, 11) is 0. The maximum absolute atomic E-state index is 11.8. The number of carbonyl (C=O) groups is 1. The van der Waals surface area contributed by atoms with Gasteiger partial charge in [0.15, 0.2) is 0 Å². The van der Waals surface area contributed by atoms with Crippen molar-refractivity contribution in [2.24, 2.45) is 5.41 Å². The molecule has 4 heteroatoms. The number of carbonyl (C=O) groups excluding carboxylic acids is 1. The van der Waals surface area contributed by atoms with Gasteiger partial charge in [-0.05, 0) is 48.5 Å². The molecule has 2 rings (SSSR count). The highest BCUT2D eigenvalue weighted by atomic mass is 35.5. The molecule has 0 unspecified atom stereocenters. The van der Waals surface area contributed by atoms with Gasteiger partial charge in [0.05, 0.1) is 11.6 Å². The SMILES string of the molecule is CC(C)(C)CC(=O)NCC#Cc1c(Cl)ccc2c1CCNCC2. The number of benzene rings is 1. The van der Waals surface area contributed by atoms with Gasteiger partial charge in [-0.2, -0.15) is 0 Å². The summed E-state index contributed by atoms with van der Waals surface area (Å²) in [6.07, 6.45) is 2.45. The van der Waals surface area contributed by atoms with Gasteiger partial charge in [0.1, 0.15) is 0 Å². The molecule has 1 aromatic rings. The molecule has 1 aromatic carbocycles. The Kier molecular flexibility index (Phi) is 6.10. The zero-order chi connectivity index (χ0) is 16.9. The van der Waals surface area contributed by atoms with E-state index >= 15 is 0 Å². The molecule has 0 aliphatic carbocycles. The lowest BCUT2D eigenvalue weighted by Gasteiger charge is -2.16. The van der Waals surface area contributed by atoms with Crippen LogP contribution in [0.15, 0.2) is 12.1 Å². The second-order valence-corrected chi connectivity index (χ2v) is 7.53. The van der Waals surface area contributed by atoms with Crippen molar-refractivity contribution in [3.8, 4) is 11.8 Å². The summed E-state index contributed by atoms with van der Waals surface area (Å²) in [4.78, 5) is 11.8. The number of halogens is 1. The first-order valence-corrected chi connectivity index (χ1v) is 8.51. The second kappa shape index (κ2) is 7.86. The first kappa shape index (κ1) is 17.8. The van der Waals surface area contributed by atoms with Gasteiger partial charge in [0, 0.05) is 12.0 Å². The van der Waals surface area contributed by atoms with Crippen LogP contribution >= 0.6 is 11.6 Å². The van der Waals surface area contributed by atoms with E-state index in [-0.39, 0.29) is 11.3 Å². The first-order valence-electron chi connectivity index (χ1n) is 8.13. The number of rotatable bonds is 2. The predicted octanol–water partition coefficient (Wildman–Crippen LogP) is 2.93. The summed E-state index contributed by atoms with van der Waals surface area (Å²) in [6.45, 7) is 8.43. The van der Waals surface area contributed by atoms with E-state index in [2.05, 4.69) is 28.5 Å². The van der Waals surface area contributed by atoms with Gasteiger partial charge >= 0.3 is 0 Å². The molecule has 0 saturated carbocycles. The van der Waals surface area contributed by atoms with Crippen molar-refractivity contribution in [1.82, 2.24) is 10.6 Å². The second-order valence-electron chi connectivity index (χ2n) is 7.13. The highest BCUT2D eigenvalue weighted by Crippen LogP contribution is 2.24. The van der Waals surface area contributed by atoms with Gasteiger partial charge in [-0.25, -0.2) is 0 Å². The van der Waals surface area contributed by atoms with Crippen molar-refractivity contribution in [2.75, 3.05) is 19.6 Å². The molecule has 1 aliphatic rings. The van der Waals surface area contributed by atoms with Gasteiger partial charge in [-0.3, -0.25) is 4.79 Å². The maximum atomic E-state index is 11.8. The van der Waals surface area contributed by atoms with Crippen LogP contribution in [-0.2, 0) is 17.6 Å². The average molecular weight is 333 g/mol. The fourth-order valence-corrected chi connectivity index (χ4v) is 2.92. The molecule has 0 aromatic heterocycles. The van der Waals surface area contributed by atoms with Crippen LogP contribution in [0.2, 0.25) is 5.02 Å². The maximum Gasteiger partial charge on any atom is 0.221 e. The van der Waals surface area contributed by atoms with Crippen LogP contribution in [0.25, 0.3) is 0 Å². The van der Waals surface area contributed by atoms with Crippen LogP contribution < -0.4 is 10.6 Å². The molecule has 0 fully saturated rings. The Hall–Kier alpha value is -1.50. The van der Waals surface area contributed by atoms with Gasteiger partial charge in [-0.1, -0.05) is 50.3 Å². The van der Waals surface area contributed by atoms with Crippen molar-refractivity contribution in [3.05, 3.63) is 33.8 Å². The molecule has 124 valence electrons. The normalized spacial score (nSPS) is 14.3. The Labute approximate surface area is 144 Å². The van der Waals surface area contributed by atoms with Crippen LogP contribution in [0.4, 0.5) is 0 Å². The van der Waals surface area contributed by atoms with Crippen LogP contribution in [0.1, 0.15) is 43.9 Å². The lowest BCUT2D eigenvalue weighted by Crippen LogP contribution is -2.27. The zero-order valence-corrected chi connectivity index (χ0v) is 14.9. The van der Waals surface area contributed by atoms with Crippen LogP contribution in [0, 0.1) is 17.3 Å². The fourth-order valence-electron chi connectivity index (χ4n) is 2.70. The van der Waals surface area contributed by atoms with Crippen LogP contribution in [-0.4, -0.2) is 25.5 Å². The third kappa shape index (κ3) is 5.57. The smallest absolute Gasteiger partial charge is 0.221 e. The molecule has 0 atom stereocenters. The highest BCUT2D eigenvalue weighted by molar-refractivity contribution is 6.31. The molecule has 3 nitrogen and oxygen atoms in total. The number of hydrogen-bond donors (Lipinski definition) is 2. The largest absolute Gasteiger partial charge is 0.345 e. The van der Waals surface area contributed by atoms with E-state index in [1.54, 1.807) is 0 Å². The highest BCUT2D eigenvalue weighted by Gasteiger charge is 2.15. The molecular formula is C19H25ClN2O. The minimum atomic E-state index is -0.00935. The van der Waals surface area contributed by atoms with E-state index in [9.17, 15) is 4.79 Å². The van der Waals surface area contributed by atoms with Crippen molar-refractivity contribution < 1.29 is 4.79 Å². The van der Waals surface area contributed by atoms with Crippen molar-refractivity contribution >= 4 is 17.5 Å². The Morgan fingerprint density at radius 1 is 1.30 bits per heavy atom. The van der Waals surface area contributed by atoms with Crippen molar-refractivity contribution in [2.45, 2.75) is 40.0 Å². The molecule has 0 saturated heterocycles. The summed E-state index contributed by atoms with van der Waals surface area (Å²) in [5, 5.41) is 6.94. The van der Waals surface area contributed by atoms with Gasteiger partial charge in [0.2, 0.25) is 5.91 Å². The molecular weight excluding hydrogens is 308 g/mol. The number of fused-ring (bicyclic) bond motifs is 1. The number of hydrogen-bond acceptors (Lipinski definition) is 2. The van der Waals surface area contributed by atoms with Crippen LogP contribution in [0.3, 0.4) is 0 Å². The Bertz CT molecular complexity index is 635. The van der Waals surface area contributed by atoms with Gasteiger partial charge in [-0.15, -0.1) is 0 Å². The molecule has 23 heavy (non-hydrogen) atoms. The monoisotopic (exact) mass is 332 g/mol. The Morgan fingerprint density at radius 2 is 2.04 bits per heavy atom. The standard InChI is InChI=1S/C19H25ClN2O/c1-19(2,3)13-18(23)22-10-4-5-16-15-9-12-21-11-8-14(15)6-7-17(16)20/h6-7,21H,8-13H2,1-3H3,(H,22,23). The van der Waals surface area contributed by atoms with E-state index in [0.717, 1.165) is 31.5 Å². The van der Waals surface area contributed by atoms with Gasteiger partial charge in [0.25, 0.3) is 0 Å². The Balaban J connectivity index is 2.05. The average Bonchev–Trinajstić information content (AvgIpc) is 2.68. The molecule has 1 heterocycles. The molecule has 1 aliphatic heterocycles. The summed E-state index contributed by atoms with van der Waals surface area (Å²) in [5.41, 5.74) is 3.47. The third-order valence-electron chi connectivity index (χ3n) is 3.76. The zero-order valence-electron chi connectivity index (χ0n) is 14.2. The molecule has 0 spiro atoms. The molecule has 2 N–H and O–H groups in total. The quantitative estimate of drug-likeness (QED) is 0.818. The molecule has 1 amide bonds. The van der Waals surface area contributed by atoms with E-state index < -0.39 is 0 Å². The van der Waals surface area contributed by atoms with Crippen molar-refractivity contribution in [3.63, 3.8) is 0 Å². The predicted molar refractivity (Wildman–Crippen MR) is 95.7 cm³/mol. The molecule has 0 radical (unpaired) electrons. The van der Waals surface area contributed by atoms with Crippen LogP contribution in [0.5, 0.6) is 0 Å².